The van der Waals surface area contributed by atoms with Crippen molar-refractivity contribution in [2.45, 2.75) is 27.2 Å². The monoisotopic (exact) mass is 434 g/mol. The minimum atomic E-state index is -0.0137. The predicted octanol–water partition coefficient (Wildman–Crippen LogP) is 4.61. The van der Waals surface area contributed by atoms with Crippen LogP contribution >= 0.6 is 11.6 Å². The van der Waals surface area contributed by atoms with Crippen LogP contribution in [0.25, 0.3) is 0 Å². The van der Waals surface area contributed by atoms with Gasteiger partial charge < -0.3 is 9.80 Å². The molecular formula is C25H27ClN4O. The molecule has 160 valence electrons. The first-order valence-corrected chi connectivity index (χ1v) is 11.0. The van der Waals surface area contributed by atoms with E-state index >= 15 is 0 Å². The van der Waals surface area contributed by atoms with Gasteiger partial charge in [0.2, 0.25) is 0 Å². The highest BCUT2D eigenvalue weighted by molar-refractivity contribution is 6.33. The zero-order chi connectivity index (χ0) is 22.0. The van der Waals surface area contributed by atoms with Gasteiger partial charge in [0.1, 0.15) is 11.6 Å². The number of anilines is 1. The number of halogens is 1. The molecule has 0 radical (unpaired) electrons. The Kier molecular flexibility index (Phi) is 6.23. The Balaban J connectivity index is 1.53. The Morgan fingerprint density at radius 2 is 1.61 bits per heavy atom. The summed E-state index contributed by atoms with van der Waals surface area (Å²) in [6.07, 6.45) is 0.792. The molecule has 0 aliphatic carbocycles. The van der Waals surface area contributed by atoms with Gasteiger partial charge in [-0.3, -0.25) is 4.79 Å². The molecule has 1 saturated heterocycles. The Morgan fingerprint density at radius 3 is 2.29 bits per heavy atom. The Labute approximate surface area is 188 Å². The number of aromatic nitrogens is 2. The molecule has 3 aromatic rings. The number of amides is 1. The van der Waals surface area contributed by atoms with Crippen molar-refractivity contribution >= 4 is 23.3 Å². The van der Waals surface area contributed by atoms with Crippen LogP contribution in [0.5, 0.6) is 0 Å². The number of carbonyl (C=O) groups excluding carboxylic acids is 1. The number of carbonyl (C=O) groups is 1. The second-order valence-electron chi connectivity index (χ2n) is 8.08. The van der Waals surface area contributed by atoms with E-state index in [1.807, 2.05) is 24.0 Å². The highest BCUT2D eigenvalue weighted by Gasteiger charge is 2.26. The molecule has 1 aliphatic rings. The van der Waals surface area contributed by atoms with Crippen molar-refractivity contribution in [3.8, 4) is 0 Å². The molecule has 1 fully saturated rings. The maximum atomic E-state index is 12.9. The van der Waals surface area contributed by atoms with Crippen LogP contribution in [0.4, 0.5) is 5.82 Å². The zero-order valence-electron chi connectivity index (χ0n) is 18.2. The van der Waals surface area contributed by atoms with Crippen LogP contribution in [0.2, 0.25) is 5.02 Å². The van der Waals surface area contributed by atoms with Gasteiger partial charge in [0, 0.05) is 43.9 Å². The third-order valence-corrected chi connectivity index (χ3v) is 6.11. The van der Waals surface area contributed by atoms with Crippen LogP contribution in [0.1, 0.15) is 38.6 Å². The van der Waals surface area contributed by atoms with E-state index in [1.165, 1.54) is 11.1 Å². The summed E-state index contributed by atoms with van der Waals surface area (Å²) in [5, 5.41) is 0.498. The number of piperazine rings is 1. The van der Waals surface area contributed by atoms with Gasteiger partial charge in [-0.2, -0.15) is 0 Å². The minimum absolute atomic E-state index is 0.0137. The lowest BCUT2D eigenvalue weighted by Crippen LogP contribution is -2.49. The second-order valence-corrected chi connectivity index (χ2v) is 8.49. The van der Waals surface area contributed by atoms with Gasteiger partial charge in [-0.15, -0.1) is 0 Å². The molecule has 1 aromatic heterocycles. The van der Waals surface area contributed by atoms with E-state index in [4.69, 9.17) is 16.6 Å². The Hall–Kier alpha value is -2.92. The lowest BCUT2D eigenvalue weighted by molar-refractivity contribution is 0.0746. The third-order valence-electron chi connectivity index (χ3n) is 5.78. The smallest absolute Gasteiger partial charge is 0.255 e. The van der Waals surface area contributed by atoms with E-state index in [0.29, 0.717) is 23.7 Å². The van der Waals surface area contributed by atoms with E-state index in [2.05, 4.69) is 48.0 Å². The maximum absolute atomic E-state index is 12.9. The number of hydrogen-bond donors (Lipinski definition) is 0. The topological polar surface area (TPSA) is 49.3 Å². The standard InChI is InChI=1S/C25H27ClN4O/c1-17-8-10-20(11-9-17)16-22-18(2)27-19(3)28-24(22)29-12-14-30(15-13-29)25(31)21-6-4-5-7-23(21)26/h4-11H,12-16H2,1-3H3. The molecule has 0 N–H and O–H groups in total. The van der Waals surface area contributed by atoms with E-state index in [0.717, 1.165) is 42.4 Å². The predicted molar refractivity (Wildman–Crippen MR) is 125 cm³/mol. The van der Waals surface area contributed by atoms with Gasteiger partial charge in [0.25, 0.3) is 5.91 Å². The van der Waals surface area contributed by atoms with Gasteiger partial charge in [0.15, 0.2) is 0 Å². The van der Waals surface area contributed by atoms with Gasteiger partial charge >= 0.3 is 0 Å². The Bertz CT molecular complexity index is 1090. The molecule has 2 aromatic carbocycles. The van der Waals surface area contributed by atoms with E-state index < -0.39 is 0 Å². The van der Waals surface area contributed by atoms with Crippen molar-refractivity contribution in [1.29, 1.82) is 0 Å². The average molecular weight is 435 g/mol. The highest BCUT2D eigenvalue weighted by atomic mass is 35.5. The second kappa shape index (κ2) is 9.06. The fraction of sp³-hybridized carbons (Fsp3) is 0.320. The van der Waals surface area contributed by atoms with E-state index in [1.54, 1.807) is 12.1 Å². The average Bonchev–Trinajstić information content (AvgIpc) is 2.77. The summed E-state index contributed by atoms with van der Waals surface area (Å²) in [4.78, 5) is 26.5. The van der Waals surface area contributed by atoms with Gasteiger partial charge in [0.05, 0.1) is 10.6 Å². The first-order valence-electron chi connectivity index (χ1n) is 10.6. The zero-order valence-corrected chi connectivity index (χ0v) is 19.0. The summed E-state index contributed by atoms with van der Waals surface area (Å²) in [6.45, 7) is 8.81. The van der Waals surface area contributed by atoms with Crippen LogP contribution in [-0.4, -0.2) is 47.0 Å². The van der Waals surface area contributed by atoms with Crippen LogP contribution in [0.15, 0.2) is 48.5 Å². The Morgan fingerprint density at radius 1 is 0.935 bits per heavy atom. The summed E-state index contributed by atoms with van der Waals surface area (Å²) >= 11 is 6.23. The molecule has 31 heavy (non-hydrogen) atoms. The third kappa shape index (κ3) is 4.72. The molecule has 5 nitrogen and oxygen atoms in total. The summed E-state index contributed by atoms with van der Waals surface area (Å²) in [5.74, 6) is 1.74. The van der Waals surface area contributed by atoms with Crippen LogP contribution in [0.3, 0.4) is 0 Å². The molecule has 1 amide bonds. The van der Waals surface area contributed by atoms with Gasteiger partial charge in [-0.25, -0.2) is 9.97 Å². The van der Waals surface area contributed by atoms with Gasteiger partial charge in [-0.1, -0.05) is 53.6 Å². The summed E-state index contributed by atoms with van der Waals surface area (Å²) in [7, 11) is 0. The maximum Gasteiger partial charge on any atom is 0.255 e. The van der Waals surface area contributed by atoms with Crippen molar-refractivity contribution in [3.63, 3.8) is 0 Å². The molecule has 0 spiro atoms. The van der Waals surface area contributed by atoms with Gasteiger partial charge in [-0.05, 0) is 38.5 Å². The first-order chi connectivity index (χ1) is 14.9. The number of nitrogens with zero attached hydrogens (tertiary/aromatic N) is 4. The molecule has 0 saturated carbocycles. The molecule has 0 atom stereocenters. The van der Waals surface area contributed by atoms with Crippen LogP contribution in [-0.2, 0) is 6.42 Å². The SMILES string of the molecule is Cc1ccc(Cc2c(C)nc(C)nc2N2CCN(C(=O)c3ccccc3Cl)CC2)cc1. The molecule has 0 unspecified atom stereocenters. The lowest BCUT2D eigenvalue weighted by Gasteiger charge is -2.36. The number of aryl methyl sites for hydroxylation is 3. The molecule has 6 heteroatoms. The molecular weight excluding hydrogens is 408 g/mol. The highest BCUT2D eigenvalue weighted by Crippen LogP contribution is 2.26. The summed E-state index contributed by atoms with van der Waals surface area (Å²) in [6, 6.07) is 15.8. The lowest BCUT2D eigenvalue weighted by atomic mass is 10.0. The summed E-state index contributed by atoms with van der Waals surface area (Å²) < 4.78 is 0. The number of benzene rings is 2. The summed E-state index contributed by atoms with van der Waals surface area (Å²) in [5.41, 5.74) is 5.22. The largest absolute Gasteiger partial charge is 0.353 e. The van der Waals surface area contributed by atoms with Crippen molar-refractivity contribution in [3.05, 3.63) is 87.3 Å². The van der Waals surface area contributed by atoms with Crippen molar-refractivity contribution in [2.24, 2.45) is 0 Å². The molecule has 2 heterocycles. The van der Waals surface area contributed by atoms with Crippen LogP contribution in [0, 0.1) is 20.8 Å². The first kappa shape index (κ1) is 21.3. The van der Waals surface area contributed by atoms with E-state index in [9.17, 15) is 4.79 Å². The number of hydrogen-bond acceptors (Lipinski definition) is 4. The van der Waals surface area contributed by atoms with Crippen LogP contribution < -0.4 is 4.90 Å². The molecule has 4 rings (SSSR count). The fourth-order valence-corrected chi connectivity index (χ4v) is 4.24. The molecule has 1 aliphatic heterocycles. The van der Waals surface area contributed by atoms with E-state index in [-0.39, 0.29) is 5.91 Å². The quantitative estimate of drug-likeness (QED) is 0.601. The minimum Gasteiger partial charge on any atom is -0.353 e. The fourth-order valence-electron chi connectivity index (χ4n) is 4.02. The van der Waals surface area contributed by atoms with Crippen molar-refractivity contribution in [1.82, 2.24) is 14.9 Å². The molecule has 0 bridgehead atoms. The normalized spacial score (nSPS) is 14.1. The van der Waals surface area contributed by atoms with Crippen molar-refractivity contribution in [2.75, 3.05) is 31.1 Å². The number of rotatable bonds is 4. The van der Waals surface area contributed by atoms with Crippen molar-refractivity contribution < 1.29 is 4.79 Å².